The van der Waals surface area contributed by atoms with Crippen molar-refractivity contribution in [3.05, 3.63) is 70.2 Å². The van der Waals surface area contributed by atoms with Crippen LogP contribution in [0.2, 0.25) is 5.02 Å². The van der Waals surface area contributed by atoms with Crippen molar-refractivity contribution in [2.45, 2.75) is 25.3 Å². The first-order valence-electron chi connectivity index (χ1n) is 7.96. The van der Waals surface area contributed by atoms with Crippen LogP contribution < -0.4 is 5.32 Å². The summed E-state index contributed by atoms with van der Waals surface area (Å²) < 4.78 is 13.4. The van der Waals surface area contributed by atoms with Gasteiger partial charge >= 0.3 is 0 Å². The smallest absolute Gasteiger partial charge is 0.163 e. The molecule has 4 rings (SSSR count). The molecule has 0 bridgehead atoms. The van der Waals surface area contributed by atoms with E-state index in [-0.39, 0.29) is 10.8 Å². The summed E-state index contributed by atoms with van der Waals surface area (Å²) in [5.74, 6) is 0.151. The van der Waals surface area contributed by atoms with Crippen LogP contribution in [0.25, 0.3) is 0 Å². The molecule has 0 spiro atoms. The number of aromatic nitrogens is 2. The number of nitrogens with one attached hydrogen (secondary N) is 1. The third kappa shape index (κ3) is 2.93. The molecule has 1 aromatic heterocycles. The Morgan fingerprint density at radius 2 is 2.12 bits per heavy atom. The molecule has 126 valence electrons. The van der Waals surface area contributed by atoms with Crippen LogP contribution in [0.1, 0.15) is 36.6 Å². The number of carbonyl (C=O) groups excluding carboxylic acids is 1. The molecule has 0 saturated carbocycles. The highest BCUT2D eigenvalue weighted by molar-refractivity contribution is 6.31. The maximum atomic E-state index is 13.4. The molecule has 25 heavy (non-hydrogen) atoms. The second kappa shape index (κ2) is 6.37. The summed E-state index contributed by atoms with van der Waals surface area (Å²) in [6.45, 7) is 0. The number of rotatable bonds is 2. The van der Waals surface area contributed by atoms with Gasteiger partial charge in [-0.1, -0.05) is 17.7 Å². The molecule has 1 aromatic carbocycles. The summed E-state index contributed by atoms with van der Waals surface area (Å²) >= 11 is 6.24. The molecule has 2 aromatic rings. The largest absolute Gasteiger partial charge is 0.342 e. The van der Waals surface area contributed by atoms with Crippen LogP contribution in [0, 0.1) is 5.82 Å². The van der Waals surface area contributed by atoms with Gasteiger partial charge < -0.3 is 5.32 Å². The van der Waals surface area contributed by atoms with Gasteiger partial charge in [-0.15, -0.1) is 0 Å². The van der Waals surface area contributed by atoms with Crippen LogP contribution >= 0.6 is 11.6 Å². The van der Waals surface area contributed by atoms with Gasteiger partial charge in [0.05, 0.1) is 6.20 Å². The summed E-state index contributed by atoms with van der Waals surface area (Å²) in [5, 5.41) is 3.47. The van der Waals surface area contributed by atoms with Crippen molar-refractivity contribution in [2.24, 2.45) is 4.99 Å². The summed E-state index contributed by atoms with van der Waals surface area (Å²) in [6, 6.07) is 3.57. The van der Waals surface area contributed by atoms with Crippen LogP contribution in [-0.4, -0.2) is 21.6 Å². The minimum absolute atomic E-state index is 0.0427. The van der Waals surface area contributed by atoms with E-state index >= 15 is 0 Å². The summed E-state index contributed by atoms with van der Waals surface area (Å²) in [5.41, 5.74) is 2.62. The van der Waals surface area contributed by atoms with Gasteiger partial charge in [0.15, 0.2) is 11.6 Å². The fraction of sp³-hybridized carbons (Fsp3) is 0.222. The maximum Gasteiger partial charge on any atom is 0.163 e. The molecular formula is C18H14ClFN4O. The molecule has 0 saturated heterocycles. The van der Waals surface area contributed by atoms with Gasteiger partial charge in [-0.2, -0.15) is 0 Å². The number of hydrogen-bond acceptors (Lipinski definition) is 5. The minimum atomic E-state index is -0.575. The van der Waals surface area contributed by atoms with Gasteiger partial charge in [0.1, 0.15) is 17.6 Å². The Labute approximate surface area is 148 Å². The zero-order valence-electron chi connectivity index (χ0n) is 13.2. The lowest BCUT2D eigenvalue weighted by molar-refractivity contribution is -0.116. The van der Waals surface area contributed by atoms with Crippen molar-refractivity contribution in [2.75, 3.05) is 0 Å². The quantitative estimate of drug-likeness (QED) is 0.895. The molecule has 0 radical (unpaired) electrons. The number of ketones is 1. The molecule has 0 fully saturated rings. The zero-order valence-corrected chi connectivity index (χ0v) is 13.9. The van der Waals surface area contributed by atoms with E-state index in [1.807, 2.05) is 0 Å². The van der Waals surface area contributed by atoms with E-state index in [4.69, 9.17) is 11.6 Å². The van der Waals surface area contributed by atoms with Crippen molar-refractivity contribution in [3.8, 4) is 0 Å². The first-order chi connectivity index (χ1) is 12.1. The third-order valence-electron chi connectivity index (χ3n) is 4.32. The van der Waals surface area contributed by atoms with Crippen molar-refractivity contribution >= 4 is 23.2 Å². The lowest BCUT2D eigenvalue weighted by Gasteiger charge is -2.30. The maximum absolute atomic E-state index is 13.4. The van der Waals surface area contributed by atoms with Crippen molar-refractivity contribution in [3.63, 3.8) is 0 Å². The number of allylic oxidation sites excluding steroid dienone is 1. The van der Waals surface area contributed by atoms with Crippen LogP contribution in [-0.2, 0) is 4.79 Å². The molecule has 1 N–H and O–H groups in total. The second-order valence-corrected chi connectivity index (χ2v) is 6.34. The highest BCUT2D eigenvalue weighted by Crippen LogP contribution is 2.39. The number of amidine groups is 1. The van der Waals surface area contributed by atoms with E-state index in [1.54, 1.807) is 24.7 Å². The number of carbonyl (C=O) groups is 1. The highest BCUT2D eigenvalue weighted by atomic mass is 35.5. The van der Waals surface area contributed by atoms with Crippen molar-refractivity contribution in [1.29, 1.82) is 0 Å². The van der Waals surface area contributed by atoms with Crippen LogP contribution in [0.15, 0.2) is 53.1 Å². The molecule has 0 amide bonds. The number of benzene rings is 1. The Balaban J connectivity index is 1.86. The highest BCUT2D eigenvalue weighted by Gasteiger charge is 2.34. The summed E-state index contributed by atoms with van der Waals surface area (Å²) in [6.07, 6.45) is 6.76. The predicted octanol–water partition coefficient (Wildman–Crippen LogP) is 3.37. The molecule has 1 unspecified atom stereocenters. The Hall–Kier alpha value is -2.60. The first kappa shape index (κ1) is 15.9. The van der Waals surface area contributed by atoms with Gasteiger partial charge in [-0.25, -0.2) is 9.37 Å². The number of halogens is 2. The van der Waals surface area contributed by atoms with E-state index in [0.717, 1.165) is 18.5 Å². The number of nitrogens with zero attached hydrogens (tertiary/aromatic N) is 3. The SMILES string of the molecule is O=C1CCCC2=C1C(c1ccc(F)cc1Cl)N=C(c1cnccn1)N2. The minimum Gasteiger partial charge on any atom is -0.342 e. The van der Waals surface area contributed by atoms with Crippen LogP contribution in [0.4, 0.5) is 4.39 Å². The zero-order chi connectivity index (χ0) is 17.4. The topological polar surface area (TPSA) is 67.2 Å². The van der Waals surface area contributed by atoms with E-state index < -0.39 is 11.9 Å². The van der Waals surface area contributed by atoms with Gasteiger partial charge in [-0.05, 0) is 25.0 Å². The molecule has 2 heterocycles. The average molecular weight is 357 g/mol. The lowest BCUT2D eigenvalue weighted by Crippen LogP contribution is -2.35. The molecule has 1 aliphatic carbocycles. The molecule has 1 atom stereocenters. The molecular weight excluding hydrogens is 343 g/mol. The molecule has 1 aliphatic heterocycles. The number of aliphatic imine (C=N–C) groups is 1. The predicted molar refractivity (Wildman–Crippen MR) is 91.7 cm³/mol. The summed E-state index contributed by atoms with van der Waals surface area (Å²) in [7, 11) is 0. The number of Topliss-reactive ketones (excluding diaryl/α,β-unsaturated/α-hetero) is 1. The molecule has 7 heteroatoms. The van der Waals surface area contributed by atoms with Crippen molar-refractivity contribution < 1.29 is 9.18 Å². The fourth-order valence-corrected chi connectivity index (χ4v) is 3.45. The Bertz CT molecular complexity index is 911. The second-order valence-electron chi connectivity index (χ2n) is 5.93. The van der Waals surface area contributed by atoms with Gasteiger partial charge in [0, 0.05) is 40.7 Å². The fourth-order valence-electron chi connectivity index (χ4n) is 3.18. The summed E-state index contributed by atoms with van der Waals surface area (Å²) in [4.78, 5) is 25.5. The Morgan fingerprint density at radius 1 is 1.24 bits per heavy atom. The third-order valence-corrected chi connectivity index (χ3v) is 4.65. The average Bonchev–Trinajstić information content (AvgIpc) is 2.62. The molecule has 2 aliphatic rings. The Morgan fingerprint density at radius 3 is 2.88 bits per heavy atom. The molecule has 5 nitrogen and oxygen atoms in total. The first-order valence-corrected chi connectivity index (χ1v) is 8.33. The monoisotopic (exact) mass is 356 g/mol. The van der Waals surface area contributed by atoms with Crippen LogP contribution in [0.5, 0.6) is 0 Å². The van der Waals surface area contributed by atoms with Gasteiger partial charge in [0.2, 0.25) is 0 Å². The van der Waals surface area contributed by atoms with Gasteiger partial charge in [-0.3, -0.25) is 14.8 Å². The number of hydrogen-bond donors (Lipinski definition) is 1. The standard InChI is InChI=1S/C18H14ClFN4O/c19-12-8-10(20)4-5-11(12)17-16-13(2-1-3-15(16)25)23-18(24-17)14-9-21-6-7-22-14/h4-9,17H,1-3H2,(H,23,24). The van der Waals surface area contributed by atoms with E-state index in [0.29, 0.717) is 29.1 Å². The Kier molecular flexibility index (Phi) is 4.05. The van der Waals surface area contributed by atoms with Gasteiger partial charge in [0.25, 0.3) is 0 Å². The normalized spacial score (nSPS) is 20.0. The van der Waals surface area contributed by atoms with Crippen LogP contribution in [0.3, 0.4) is 0 Å². The lowest BCUT2D eigenvalue weighted by atomic mass is 9.85. The van der Waals surface area contributed by atoms with E-state index in [2.05, 4.69) is 20.3 Å². The van der Waals surface area contributed by atoms with Crippen molar-refractivity contribution in [1.82, 2.24) is 15.3 Å². The van der Waals surface area contributed by atoms with E-state index in [9.17, 15) is 9.18 Å². The van der Waals surface area contributed by atoms with E-state index in [1.165, 1.54) is 12.1 Å².